The Labute approximate surface area is 159 Å². The number of methoxy groups -OCH3 is 1. The molecule has 0 radical (unpaired) electrons. The van der Waals surface area contributed by atoms with Crippen molar-refractivity contribution >= 4 is 28.9 Å². The molecule has 2 aromatic carbocycles. The smallest absolute Gasteiger partial charge is 0.309 e. The van der Waals surface area contributed by atoms with Crippen LogP contribution in [0.1, 0.15) is 11.3 Å². The molecule has 0 saturated heterocycles. The van der Waals surface area contributed by atoms with Gasteiger partial charge in [0.1, 0.15) is 11.6 Å². The Hall–Kier alpha value is -2.57. The maximum absolute atomic E-state index is 10.8. The van der Waals surface area contributed by atoms with E-state index in [2.05, 4.69) is 4.98 Å². The van der Waals surface area contributed by atoms with E-state index in [0.717, 1.165) is 16.1 Å². The third-order valence-corrected chi connectivity index (χ3v) is 4.94. The quantitative estimate of drug-likeness (QED) is 0.635. The predicted octanol–water partition coefficient (Wildman–Crippen LogP) is 4.68. The monoisotopic (exact) mass is 389 g/mol. The number of aromatic nitrogens is 1. The second-order valence-corrected chi connectivity index (χ2v) is 6.73. The van der Waals surface area contributed by atoms with Crippen LogP contribution in [-0.2, 0) is 17.8 Å². The second-order valence-electron chi connectivity index (χ2n) is 5.46. The zero-order valence-corrected chi connectivity index (χ0v) is 15.5. The summed E-state index contributed by atoms with van der Waals surface area (Å²) in [5.41, 5.74) is 2.24. The van der Waals surface area contributed by atoms with Crippen molar-refractivity contribution in [3.05, 3.63) is 64.1 Å². The van der Waals surface area contributed by atoms with Gasteiger partial charge in [0.25, 0.3) is 0 Å². The highest BCUT2D eigenvalue weighted by Gasteiger charge is 2.12. The number of carboxylic acids is 1. The standard InChI is InChI=1S/C19H16ClNO4S/c1-24-16-7-6-12(19-21-14(11-26-19)9-18(22)23)8-17(16)25-10-13-4-2-3-5-15(13)20/h2-8,11H,9-10H2,1H3,(H,22,23). The molecule has 0 amide bonds. The zero-order valence-electron chi connectivity index (χ0n) is 13.9. The predicted molar refractivity (Wildman–Crippen MR) is 101 cm³/mol. The van der Waals surface area contributed by atoms with Crippen LogP contribution in [0.15, 0.2) is 47.8 Å². The number of nitrogens with zero attached hydrogens (tertiary/aromatic N) is 1. The number of rotatable bonds is 7. The van der Waals surface area contributed by atoms with Gasteiger partial charge >= 0.3 is 5.97 Å². The van der Waals surface area contributed by atoms with E-state index in [1.165, 1.54) is 11.3 Å². The molecule has 1 N–H and O–H groups in total. The van der Waals surface area contributed by atoms with Crippen molar-refractivity contribution in [2.75, 3.05) is 7.11 Å². The number of carboxylic acid groups (broad SMARTS) is 1. The van der Waals surface area contributed by atoms with Gasteiger partial charge in [-0.25, -0.2) is 4.98 Å². The molecule has 1 aromatic heterocycles. The molecule has 0 saturated carbocycles. The number of halogens is 1. The van der Waals surface area contributed by atoms with Gasteiger partial charge in [-0.1, -0.05) is 29.8 Å². The van der Waals surface area contributed by atoms with Gasteiger partial charge in [0.05, 0.1) is 19.2 Å². The lowest BCUT2D eigenvalue weighted by Crippen LogP contribution is -2.00. The first-order chi connectivity index (χ1) is 12.6. The molecule has 0 atom stereocenters. The number of thiazole rings is 1. The third-order valence-electron chi connectivity index (χ3n) is 3.64. The SMILES string of the molecule is COc1ccc(-c2nc(CC(=O)O)cs2)cc1OCc1ccccc1Cl. The molecule has 1 heterocycles. The van der Waals surface area contributed by atoms with Crippen molar-refractivity contribution in [1.82, 2.24) is 4.98 Å². The summed E-state index contributed by atoms with van der Waals surface area (Å²) in [6.45, 7) is 0.307. The fourth-order valence-electron chi connectivity index (χ4n) is 2.37. The van der Waals surface area contributed by atoms with Crippen LogP contribution in [0.25, 0.3) is 10.6 Å². The molecule has 26 heavy (non-hydrogen) atoms. The molecule has 5 nitrogen and oxygen atoms in total. The number of benzene rings is 2. The summed E-state index contributed by atoms with van der Waals surface area (Å²) in [5.74, 6) is 0.267. The van der Waals surface area contributed by atoms with Gasteiger partial charge in [-0.3, -0.25) is 4.79 Å². The number of ether oxygens (including phenoxy) is 2. The van der Waals surface area contributed by atoms with Crippen molar-refractivity contribution < 1.29 is 19.4 Å². The summed E-state index contributed by atoms with van der Waals surface area (Å²) in [7, 11) is 1.58. The Morgan fingerprint density at radius 3 is 2.77 bits per heavy atom. The zero-order chi connectivity index (χ0) is 18.5. The normalized spacial score (nSPS) is 10.5. The summed E-state index contributed by atoms with van der Waals surface area (Å²) < 4.78 is 11.3. The first kappa shape index (κ1) is 18.2. The lowest BCUT2D eigenvalue weighted by Gasteiger charge is -2.12. The molecule has 7 heteroatoms. The molecule has 0 fully saturated rings. The minimum atomic E-state index is -0.902. The number of aliphatic carboxylic acids is 1. The third kappa shape index (κ3) is 4.33. The minimum Gasteiger partial charge on any atom is -0.493 e. The highest BCUT2D eigenvalue weighted by atomic mass is 35.5. The van der Waals surface area contributed by atoms with Gasteiger partial charge in [0, 0.05) is 21.5 Å². The highest BCUT2D eigenvalue weighted by molar-refractivity contribution is 7.13. The average Bonchev–Trinajstić information content (AvgIpc) is 3.08. The van der Waals surface area contributed by atoms with Crippen LogP contribution in [0.3, 0.4) is 0 Å². The molecule has 0 aliphatic rings. The molecule has 0 bridgehead atoms. The number of hydrogen-bond donors (Lipinski definition) is 1. The molecule has 0 aliphatic heterocycles. The van der Waals surface area contributed by atoms with Crippen LogP contribution in [0.2, 0.25) is 5.02 Å². The number of carbonyl (C=O) groups is 1. The minimum absolute atomic E-state index is 0.0947. The lowest BCUT2D eigenvalue weighted by molar-refractivity contribution is -0.136. The van der Waals surface area contributed by atoms with Crippen LogP contribution >= 0.6 is 22.9 Å². The Morgan fingerprint density at radius 2 is 2.04 bits per heavy atom. The molecule has 0 unspecified atom stereocenters. The first-order valence-corrected chi connectivity index (χ1v) is 9.03. The maximum atomic E-state index is 10.8. The van der Waals surface area contributed by atoms with Gasteiger partial charge in [0.15, 0.2) is 11.5 Å². The molecular weight excluding hydrogens is 374 g/mol. The summed E-state index contributed by atoms with van der Waals surface area (Å²) in [5, 5.41) is 12.0. The van der Waals surface area contributed by atoms with Crippen molar-refractivity contribution in [2.24, 2.45) is 0 Å². The van der Waals surface area contributed by atoms with Gasteiger partial charge in [0.2, 0.25) is 0 Å². The van der Waals surface area contributed by atoms with E-state index in [1.54, 1.807) is 18.6 Å². The molecule has 134 valence electrons. The fourth-order valence-corrected chi connectivity index (χ4v) is 3.38. The van der Waals surface area contributed by atoms with Crippen LogP contribution in [0.5, 0.6) is 11.5 Å². The Morgan fingerprint density at radius 1 is 1.23 bits per heavy atom. The van der Waals surface area contributed by atoms with Gasteiger partial charge in [-0.2, -0.15) is 0 Å². The van der Waals surface area contributed by atoms with E-state index in [4.69, 9.17) is 26.2 Å². The summed E-state index contributed by atoms with van der Waals surface area (Å²) in [6, 6.07) is 13.0. The topological polar surface area (TPSA) is 68.7 Å². The van der Waals surface area contributed by atoms with Crippen molar-refractivity contribution in [3.63, 3.8) is 0 Å². The molecule has 0 spiro atoms. The van der Waals surface area contributed by atoms with E-state index in [9.17, 15) is 4.79 Å². The van der Waals surface area contributed by atoms with Crippen LogP contribution in [-0.4, -0.2) is 23.2 Å². The Bertz CT molecular complexity index is 925. The van der Waals surface area contributed by atoms with Gasteiger partial charge in [-0.05, 0) is 24.3 Å². The van der Waals surface area contributed by atoms with Crippen molar-refractivity contribution in [1.29, 1.82) is 0 Å². The van der Waals surface area contributed by atoms with Crippen LogP contribution < -0.4 is 9.47 Å². The second kappa shape index (κ2) is 8.21. The van der Waals surface area contributed by atoms with E-state index in [-0.39, 0.29) is 6.42 Å². The fraction of sp³-hybridized carbons (Fsp3) is 0.158. The Balaban J connectivity index is 1.83. The lowest BCUT2D eigenvalue weighted by atomic mass is 10.2. The maximum Gasteiger partial charge on any atom is 0.309 e. The van der Waals surface area contributed by atoms with E-state index in [1.807, 2.05) is 36.4 Å². The van der Waals surface area contributed by atoms with Crippen molar-refractivity contribution in [3.8, 4) is 22.1 Å². The summed E-state index contributed by atoms with van der Waals surface area (Å²) >= 11 is 7.56. The largest absolute Gasteiger partial charge is 0.493 e. The van der Waals surface area contributed by atoms with Gasteiger partial charge < -0.3 is 14.6 Å². The first-order valence-electron chi connectivity index (χ1n) is 7.77. The van der Waals surface area contributed by atoms with E-state index >= 15 is 0 Å². The number of hydrogen-bond acceptors (Lipinski definition) is 5. The van der Waals surface area contributed by atoms with Crippen molar-refractivity contribution in [2.45, 2.75) is 13.0 Å². The molecule has 3 aromatic rings. The molecular formula is C19H16ClNO4S. The van der Waals surface area contributed by atoms with Crippen LogP contribution in [0, 0.1) is 0 Å². The molecule has 0 aliphatic carbocycles. The highest BCUT2D eigenvalue weighted by Crippen LogP contribution is 2.34. The Kier molecular flexibility index (Phi) is 5.75. The summed E-state index contributed by atoms with van der Waals surface area (Å²) in [4.78, 5) is 15.2. The summed E-state index contributed by atoms with van der Waals surface area (Å²) in [6.07, 6.45) is -0.0947. The molecule has 3 rings (SSSR count). The van der Waals surface area contributed by atoms with E-state index < -0.39 is 5.97 Å². The van der Waals surface area contributed by atoms with E-state index in [0.29, 0.717) is 28.8 Å². The van der Waals surface area contributed by atoms with Gasteiger partial charge in [-0.15, -0.1) is 11.3 Å². The van der Waals surface area contributed by atoms with Crippen LogP contribution in [0.4, 0.5) is 0 Å². The average molecular weight is 390 g/mol.